The fourth-order valence-corrected chi connectivity index (χ4v) is 4.39. The molecule has 1 atom stereocenters. The number of rotatable bonds is 3. The van der Waals surface area contributed by atoms with Crippen molar-refractivity contribution in [2.24, 2.45) is 0 Å². The molecule has 1 unspecified atom stereocenters. The summed E-state index contributed by atoms with van der Waals surface area (Å²) in [5.41, 5.74) is 3.76. The zero-order valence-corrected chi connectivity index (χ0v) is 15.5. The molecule has 0 radical (unpaired) electrons. The van der Waals surface area contributed by atoms with Gasteiger partial charge >= 0.3 is 0 Å². The number of aryl methyl sites for hydroxylation is 1. The number of benzene rings is 1. The van der Waals surface area contributed by atoms with Gasteiger partial charge in [-0.15, -0.1) is 11.3 Å². The molecule has 124 valence electrons. The topological polar surface area (TPSA) is 36.9 Å². The van der Waals surface area contributed by atoms with E-state index < -0.39 is 0 Å². The predicted molar refractivity (Wildman–Crippen MR) is 101 cm³/mol. The molecule has 3 aromatic rings. The molecule has 1 aliphatic heterocycles. The monoisotopic (exact) mass is 356 g/mol. The van der Waals surface area contributed by atoms with Crippen molar-refractivity contribution in [2.45, 2.75) is 33.0 Å². The summed E-state index contributed by atoms with van der Waals surface area (Å²) in [6, 6.07) is 11.0. The summed E-state index contributed by atoms with van der Waals surface area (Å²) >= 11 is 7.33. The Morgan fingerprint density at radius 3 is 2.88 bits per heavy atom. The Balaban J connectivity index is 1.58. The summed E-state index contributed by atoms with van der Waals surface area (Å²) in [5, 5.41) is 5.56. The Labute approximate surface area is 150 Å². The minimum absolute atomic E-state index is 0.410. The number of aromatic nitrogens is 3. The smallest absolute Gasteiger partial charge is 0.217 e. The number of H-pyrrole nitrogens is 1. The molecule has 24 heavy (non-hydrogen) atoms. The summed E-state index contributed by atoms with van der Waals surface area (Å²) in [6.45, 7) is 6.15. The van der Waals surface area contributed by atoms with E-state index in [1.165, 1.54) is 16.0 Å². The number of hydrogen-bond donors (Lipinski definition) is 1. The highest BCUT2D eigenvalue weighted by Gasteiger charge is 2.25. The third-order valence-corrected chi connectivity index (χ3v) is 6.04. The minimum Gasteiger partial charge on any atom is -0.278 e. The van der Waals surface area contributed by atoms with Gasteiger partial charge in [-0.3, -0.25) is 10.00 Å². The van der Waals surface area contributed by atoms with E-state index in [0.29, 0.717) is 10.8 Å². The van der Waals surface area contributed by atoms with Crippen LogP contribution in [0.3, 0.4) is 0 Å². The molecule has 0 spiro atoms. The Bertz CT molecular complexity index is 904. The number of nitrogens with zero attached hydrogens (tertiary/aromatic N) is 3. The van der Waals surface area contributed by atoms with Crippen molar-refractivity contribution < 1.29 is 0 Å². The van der Waals surface area contributed by atoms with Gasteiger partial charge in [-0.2, -0.15) is 4.98 Å². The van der Waals surface area contributed by atoms with Crippen LogP contribution in [0, 0.1) is 11.7 Å². The molecule has 0 bridgehead atoms. The van der Waals surface area contributed by atoms with Gasteiger partial charge in [-0.05, 0) is 49.5 Å². The van der Waals surface area contributed by atoms with Crippen LogP contribution in [0.2, 0.25) is 0 Å². The van der Waals surface area contributed by atoms with Gasteiger partial charge in [0.05, 0.1) is 6.67 Å². The maximum atomic E-state index is 5.46. The van der Waals surface area contributed by atoms with Crippen molar-refractivity contribution in [3.8, 4) is 11.4 Å². The average molecular weight is 357 g/mol. The maximum absolute atomic E-state index is 5.46. The lowest BCUT2D eigenvalue weighted by molar-refractivity contribution is 0.144. The van der Waals surface area contributed by atoms with Crippen LogP contribution in [0.5, 0.6) is 0 Å². The Morgan fingerprint density at radius 1 is 1.29 bits per heavy atom. The van der Waals surface area contributed by atoms with Gasteiger partial charge in [0.15, 0.2) is 5.82 Å². The number of fused-ring (bicyclic) bond motifs is 1. The van der Waals surface area contributed by atoms with E-state index in [-0.39, 0.29) is 0 Å². The number of thiophene rings is 1. The highest BCUT2D eigenvalue weighted by Crippen LogP contribution is 2.33. The third kappa shape index (κ3) is 2.85. The van der Waals surface area contributed by atoms with E-state index in [9.17, 15) is 0 Å². The second-order valence-electron chi connectivity index (χ2n) is 6.33. The normalized spacial score (nSPS) is 17.8. The molecule has 4 rings (SSSR count). The van der Waals surface area contributed by atoms with Crippen molar-refractivity contribution in [1.82, 2.24) is 19.7 Å². The first-order valence-electron chi connectivity index (χ1n) is 8.16. The standard InChI is InChI=1S/C18H20N4S2/c1-12-3-5-14(6-4-12)17-19-18(23)22(20-17)11-21-9-7-16-15(13(21)2)8-10-24-16/h3-6,8,10,13H,7,9,11H2,1-2H3,(H,19,20,23). The van der Waals surface area contributed by atoms with Crippen LogP contribution in [0.1, 0.15) is 29.0 Å². The van der Waals surface area contributed by atoms with Crippen LogP contribution in [0.25, 0.3) is 11.4 Å². The van der Waals surface area contributed by atoms with Crippen molar-refractivity contribution in [3.05, 3.63) is 56.5 Å². The first-order chi connectivity index (χ1) is 11.6. The lowest BCUT2D eigenvalue weighted by Crippen LogP contribution is -2.35. The van der Waals surface area contributed by atoms with E-state index in [1.807, 2.05) is 16.0 Å². The molecule has 4 nitrogen and oxygen atoms in total. The Morgan fingerprint density at radius 2 is 2.08 bits per heavy atom. The highest BCUT2D eigenvalue weighted by atomic mass is 32.1. The maximum Gasteiger partial charge on any atom is 0.217 e. The summed E-state index contributed by atoms with van der Waals surface area (Å²) in [4.78, 5) is 8.50. The van der Waals surface area contributed by atoms with Crippen LogP contribution in [0.4, 0.5) is 0 Å². The molecule has 3 heterocycles. The van der Waals surface area contributed by atoms with Crippen LogP contribution in [-0.2, 0) is 13.1 Å². The van der Waals surface area contributed by atoms with Crippen molar-refractivity contribution in [2.75, 3.05) is 6.54 Å². The molecule has 0 aliphatic carbocycles. The fraction of sp³-hybridized carbons (Fsp3) is 0.333. The predicted octanol–water partition coefficient (Wildman–Crippen LogP) is 4.55. The summed E-state index contributed by atoms with van der Waals surface area (Å²) < 4.78 is 2.58. The first kappa shape index (κ1) is 15.7. The van der Waals surface area contributed by atoms with E-state index in [4.69, 9.17) is 12.2 Å². The first-order valence-corrected chi connectivity index (χ1v) is 9.45. The highest BCUT2D eigenvalue weighted by molar-refractivity contribution is 7.71. The third-order valence-electron chi connectivity index (χ3n) is 4.73. The van der Waals surface area contributed by atoms with E-state index in [2.05, 4.69) is 64.5 Å². The molecule has 0 amide bonds. The summed E-state index contributed by atoms with van der Waals surface area (Å²) in [7, 11) is 0. The van der Waals surface area contributed by atoms with Crippen molar-refractivity contribution >= 4 is 23.6 Å². The average Bonchev–Trinajstić information content (AvgIpc) is 3.18. The van der Waals surface area contributed by atoms with Crippen molar-refractivity contribution in [3.63, 3.8) is 0 Å². The van der Waals surface area contributed by atoms with E-state index >= 15 is 0 Å². The molecule has 6 heteroatoms. The molecule has 0 saturated carbocycles. The number of hydrogen-bond acceptors (Lipinski definition) is 4. The molecule has 0 saturated heterocycles. The Hall–Kier alpha value is -1.76. The van der Waals surface area contributed by atoms with Crippen LogP contribution in [-0.4, -0.2) is 26.2 Å². The van der Waals surface area contributed by atoms with E-state index in [0.717, 1.165) is 31.0 Å². The van der Waals surface area contributed by atoms with Crippen LogP contribution in [0.15, 0.2) is 35.7 Å². The quantitative estimate of drug-likeness (QED) is 0.699. The second kappa shape index (κ2) is 6.27. The second-order valence-corrected chi connectivity index (χ2v) is 7.69. The largest absolute Gasteiger partial charge is 0.278 e. The molecular formula is C18H20N4S2. The zero-order chi connectivity index (χ0) is 16.7. The van der Waals surface area contributed by atoms with Gasteiger partial charge in [0.25, 0.3) is 0 Å². The number of aromatic amines is 1. The van der Waals surface area contributed by atoms with Gasteiger partial charge in [-0.25, -0.2) is 4.68 Å². The lowest BCUT2D eigenvalue weighted by atomic mass is 10.0. The lowest BCUT2D eigenvalue weighted by Gasteiger charge is -2.33. The molecular weight excluding hydrogens is 336 g/mol. The SMILES string of the molecule is Cc1ccc(-c2nc(=S)n(CN3CCc4sccc4C3C)[nH]2)cc1. The molecule has 1 aliphatic rings. The van der Waals surface area contributed by atoms with Gasteiger partial charge in [0.2, 0.25) is 4.77 Å². The van der Waals surface area contributed by atoms with Gasteiger partial charge in [0.1, 0.15) is 0 Å². The molecule has 2 aromatic heterocycles. The summed E-state index contributed by atoms with van der Waals surface area (Å²) in [5.74, 6) is 0.834. The van der Waals surface area contributed by atoms with Gasteiger partial charge < -0.3 is 0 Å². The fourth-order valence-electron chi connectivity index (χ4n) is 3.23. The van der Waals surface area contributed by atoms with Crippen LogP contribution < -0.4 is 0 Å². The molecule has 1 aromatic carbocycles. The minimum atomic E-state index is 0.410. The molecule has 1 N–H and O–H groups in total. The van der Waals surface area contributed by atoms with Gasteiger partial charge in [-0.1, -0.05) is 29.8 Å². The van der Waals surface area contributed by atoms with Crippen LogP contribution >= 0.6 is 23.6 Å². The summed E-state index contributed by atoms with van der Waals surface area (Å²) in [6.07, 6.45) is 1.11. The molecule has 0 fully saturated rings. The van der Waals surface area contributed by atoms with E-state index in [1.54, 1.807) is 0 Å². The Kier molecular flexibility index (Phi) is 4.12. The zero-order valence-electron chi connectivity index (χ0n) is 13.8. The van der Waals surface area contributed by atoms with Crippen molar-refractivity contribution in [1.29, 1.82) is 0 Å². The van der Waals surface area contributed by atoms with Gasteiger partial charge in [0, 0.05) is 23.0 Å². The number of nitrogens with one attached hydrogen (secondary N) is 1.